The highest BCUT2D eigenvalue weighted by Crippen LogP contribution is 2.09. The van der Waals surface area contributed by atoms with Gasteiger partial charge in [-0.25, -0.2) is 4.79 Å². The average molecular weight is 186 g/mol. The van der Waals surface area contributed by atoms with Crippen LogP contribution in [0.4, 0.5) is 4.79 Å². The highest BCUT2D eigenvalue weighted by molar-refractivity contribution is 6.16. The largest absolute Gasteiger partial charge is 0.393 e. The number of barbiturate groups is 1. The molecule has 72 valence electrons. The molecule has 1 rings (SSSR count). The highest BCUT2D eigenvalue weighted by atomic mass is 16.3. The van der Waals surface area contributed by atoms with Crippen molar-refractivity contribution in [2.24, 2.45) is 5.92 Å². The van der Waals surface area contributed by atoms with E-state index in [1.165, 1.54) is 6.92 Å². The Bertz CT molecular complexity index is 241. The van der Waals surface area contributed by atoms with Crippen LogP contribution in [0.1, 0.15) is 13.3 Å². The lowest BCUT2D eigenvalue weighted by Gasteiger charge is -2.21. The van der Waals surface area contributed by atoms with E-state index in [0.717, 1.165) is 0 Å². The summed E-state index contributed by atoms with van der Waals surface area (Å²) in [5.41, 5.74) is 0. The summed E-state index contributed by atoms with van der Waals surface area (Å²) in [6.45, 7) is 1.47. The second-order valence-electron chi connectivity index (χ2n) is 2.94. The summed E-state index contributed by atoms with van der Waals surface area (Å²) >= 11 is 0. The molecule has 0 aromatic rings. The van der Waals surface area contributed by atoms with Crippen LogP contribution < -0.4 is 10.6 Å². The maximum Gasteiger partial charge on any atom is 0.328 e. The van der Waals surface area contributed by atoms with Gasteiger partial charge in [0, 0.05) is 0 Å². The van der Waals surface area contributed by atoms with Crippen LogP contribution in [0, 0.1) is 5.92 Å². The number of nitrogens with one attached hydrogen (secondary N) is 2. The normalized spacial score (nSPS) is 20.9. The molecule has 0 bridgehead atoms. The molecule has 1 fully saturated rings. The van der Waals surface area contributed by atoms with E-state index in [0.29, 0.717) is 0 Å². The molecular formula is C7H10N2O4. The lowest BCUT2D eigenvalue weighted by Crippen LogP contribution is -2.56. The molecular weight excluding hydrogens is 176 g/mol. The summed E-state index contributed by atoms with van der Waals surface area (Å²) < 4.78 is 0. The summed E-state index contributed by atoms with van der Waals surface area (Å²) in [5, 5.41) is 12.8. The third-order valence-electron chi connectivity index (χ3n) is 1.68. The third kappa shape index (κ3) is 2.25. The Labute approximate surface area is 74.3 Å². The Morgan fingerprint density at radius 2 is 1.77 bits per heavy atom. The minimum Gasteiger partial charge on any atom is -0.393 e. The van der Waals surface area contributed by atoms with Gasteiger partial charge in [0.15, 0.2) is 0 Å². The first-order valence-corrected chi connectivity index (χ1v) is 3.84. The molecule has 0 aromatic carbocycles. The SMILES string of the molecule is CC(O)CC1C(=O)NC(=O)NC1=O. The van der Waals surface area contributed by atoms with E-state index in [9.17, 15) is 14.4 Å². The van der Waals surface area contributed by atoms with Crippen LogP contribution in [0.2, 0.25) is 0 Å². The van der Waals surface area contributed by atoms with Gasteiger partial charge >= 0.3 is 6.03 Å². The van der Waals surface area contributed by atoms with Crippen molar-refractivity contribution >= 4 is 17.8 Å². The summed E-state index contributed by atoms with van der Waals surface area (Å²) in [7, 11) is 0. The van der Waals surface area contributed by atoms with Crippen molar-refractivity contribution in [2.75, 3.05) is 0 Å². The predicted molar refractivity (Wildman–Crippen MR) is 41.5 cm³/mol. The number of urea groups is 1. The van der Waals surface area contributed by atoms with E-state index in [-0.39, 0.29) is 6.42 Å². The smallest absolute Gasteiger partial charge is 0.328 e. The molecule has 6 nitrogen and oxygen atoms in total. The monoisotopic (exact) mass is 186 g/mol. The van der Waals surface area contributed by atoms with Gasteiger partial charge in [0.2, 0.25) is 11.8 Å². The van der Waals surface area contributed by atoms with Crippen LogP contribution in [0.15, 0.2) is 0 Å². The number of aliphatic hydroxyl groups excluding tert-OH is 1. The fourth-order valence-corrected chi connectivity index (χ4v) is 1.10. The van der Waals surface area contributed by atoms with Gasteiger partial charge in [0.05, 0.1) is 6.10 Å². The van der Waals surface area contributed by atoms with Gasteiger partial charge in [-0.3, -0.25) is 20.2 Å². The Hall–Kier alpha value is -1.43. The fraction of sp³-hybridized carbons (Fsp3) is 0.571. The van der Waals surface area contributed by atoms with E-state index in [4.69, 9.17) is 5.11 Å². The van der Waals surface area contributed by atoms with Crippen molar-refractivity contribution in [1.29, 1.82) is 0 Å². The summed E-state index contributed by atoms with van der Waals surface area (Å²) in [5.74, 6) is -2.29. The fourth-order valence-electron chi connectivity index (χ4n) is 1.10. The standard InChI is InChI=1S/C7H10N2O4/c1-3(10)2-4-5(11)8-7(13)9-6(4)12/h3-4,10H,2H2,1H3,(H2,8,9,11,12,13). The van der Waals surface area contributed by atoms with Crippen molar-refractivity contribution in [1.82, 2.24) is 10.6 Å². The van der Waals surface area contributed by atoms with Crippen molar-refractivity contribution in [2.45, 2.75) is 19.4 Å². The van der Waals surface area contributed by atoms with Gasteiger partial charge < -0.3 is 5.11 Å². The number of hydrogen-bond acceptors (Lipinski definition) is 4. The number of amides is 4. The lowest BCUT2D eigenvalue weighted by atomic mass is 9.99. The van der Waals surface area contributed by atoms with Crippen molar-refractivity contribution in [3.8, 4) is 0 Å². The van der Waals surface area contributed by atoms with Crippen molar-refractivity contribution in [3.05, 3.63) is 0 Å². The van der Waals surface area contributed by atoms with Crippen LogP contribution in [-0.4, -0.2) is 29.1 Å². The van der Waals surface area contributed by atoms with Gasteiger partial charge in [0.25, 0.3) is 0 Å². The molecule has 1 aliphatic heterocycles. The summed E-state index contributed by atoms with van der Waals surface area (Å²) in [6, 6.07) is -0.808. The zero-order valence-corrected chi connectivity index (χ0v) is 7.03. The van der Waals surface area contributed by atoms with Gasteiger partial charge in [-0.1, -0.05) is 0 Å². The Kier molecular flexibility index (Phi) is 2.62. The molecule has 3 N–H and O–H groups in total. The number of carbonyl (C=O) groups excluding carboxylic acids is 3. The maximum atomic E-state index is 11.0. The van der Waals surface area contributed by atoms with Crippen LogP contribution in [0.25, 0.3) is 0 Å². The first-order valence-electron chi connectivity index (χ1n) is 3.84. The molecule has 4 amide bonds. The minimum atomic E-state index is -0.974. The zero-order chi connectivity index (χ0) is 10.0. The molecule has 6 heteroatoms. The Morgan fingerprint density at radius 1 is 1.31 bits per heavy atom. The quantitative estimate of drug-likeness (QED) is 0.469. The number of imide groups is 2. The van der Waals surface area contributed by atoms with E-state index in [2.05, 4.69) is 0 Å². The van der Waals surface area contributed by atoms with Crippen LogP contribution >= 0.6 is 0 Å². The molecule has 1 heterocycles. The third-order valence-corrected chi connectivity index (χ3v) is 1.68. The molecule has 0 saturated carbocycles. The predicted octanol–water partition coefficient (Wildman–Crippen LogP) is -1.26. The molecule has 0 spiro atoms. The van der Waals surface area contributed by atoms with E-state index >= 15 is 0 Å². The van der Waals surface area contributed by atoms with Gasteiger partial charge in [-0.15, -0.1) is 0 Å². The molecule has 13 heavy (non-hydrogen) atoms. The Morgan fingerprint density at radius 3 is 2.15 bits per heavy atom. The number of hydrogen-bond donors (Lipinski definition) is 3. The lowest BCUT2D eigenvalue weighted by molar-refractivity contribution is -0.137. The number of carbonyl (C=O) groups is 3. The second kappa shape index (κ2) is 3.53. The molecule has 1 saturated heterocycles. The maximum absolute atomic E-state index is 11.0. The Balaban J connectivity index is 2.67. The summed E-state index contributed by atoms with van der Waals surface area (Å²) in [6.07, 6.45) is -0.736. The van der Waals surface area contributed by atoms with Crippen molar-refractivity contribution < 1.29 is 19.5 Å². The first-order chi connectivity index (χ1) is 6.00. The number of rotatable bonds is 2. The first kappa shape index (κ1) is 9.66. The average Bonchev–Trinajstić information content (AvgIpc) is 1.96. The zero-order valence-electron chi connectivity index (χ0n) is 7.03. The van der Waals surface area contributed by atoms with E-state index < -0.39 is 29.9 Å². The molecule has 0 radical (unpaired) electrons. The van der Waals surface area contributed by atoms with Gasteiger partial charge in [0.1, 0.15) is 5.92 Å². The second-order valence-corrected chi connectivity index (χ2v) is 2.94. The van der Waals surface area contributed by atoms with E-state index in [1.54, 1.807) is 0 Å². The minimum absolute atomic E-state index is 0.0188. The molecule has 0 aromatic heterocycles. The molecule has 1 unspecified atom stereocenters. The van der Waals surface area contributed by atoms with Crippen LogP contribution in [-0.2, 0) is 9.59 Å². The van der Waals surface area contributed by atoms with Gasteiger partial charge in [-0.2, -0.15) is 0 Å². The van der Waals surface area contributed by atoms with Crippen molar-refractivity contribution in [3.63, 3.8) is 0 Å². The van der Waals surface area contributed by atoms with Gasteiger partial charge in [-0.05, 0) is 13.3 Å². The van der Waals surface area contributed by atoms with Crippen LogP contribution in [0.3, 0.4) is 0 Å². The van der Waals surface area contributed by atoms with Crippen LogP contribution in [0.5, 0.6) is 0 Å². The molecule has 1 aliphatic rings. The molecule has 1 atom stereocenters. The highest BCUT2D eigenvalue weighted by Gasteiger charge is 2.34. The molecule has 0 aliphatic carbocycles. The topological polar surface area (TPSA) is 95.5 Å². The summed E-state index contributed by atoms with van der Waals surface area (Å²) in [4.78, 5) is 32.7. The van der Waals surface area contributed by atoms with E-state index in [1.807, 2.05) is 10.6 Å². The number of aliphatic hydroxyl groups is 1.